The quantitative estimate of drug-likeness (QED) is 0.139. The van der Waals surface area contributed by atoms with Gasteiger partial charge in [-0.05, 0) is 140 Å². The largest absolute Gasteiger partial charge is 0.306 e. The summed E-state index contributed by atoms with van der Waals surface area (Å²) in [5.41, 5.74) is 13.8. The van der Waals surface area contributed by atoms with E-state index in [0.29, 0.717) is 0 Å². The van der Waals surface area contributed by atoms with Gasteiger partial charge in [0.2, 0.25) is 0 Å². The van der Waals surface area contributed by atoms with Crippen molar-refractivity contribution < 1.29 is 0 Å². The van der Waals surface area contributed by atoms with Crippen LogP contribution in [0.2, 0.25) is 0 Å². The molecule has 0 spiro atoms. The Morgan fingerprint density at radius 2 is 0.500 bits per heavy atom. The van der Waals surface area contributed by atoms with Gasteiger partial charge < -0.3 is 9.80 Å². The van der Waals surface area contributed by atoms with Gasteiger partial charge in [-0.3, -0.25) is 0 Å². The van der Waals surface area contributed by atoms with E-state index in [1.165, 1.54) is 56.4 Å². The van der Waals surface area contributed by atoms with E-state index in [4.69, 9.17) is 0 Å². The van der Waals surface area contributed by atoms with Crippen molar-refractivity contribution in [3.8, 4) is 0 Å². The van der Waals surface area contributed by atoms with Crippen molar-refractivity contribution in [3.05, 3.63) is 107 Å². The fraction of sp³-hybridized carbons (Fsp3) is 0.571. The summed E-state index contributed by atoms with van der Waals surface area (Å²) in [6, 6.07) is 33.7. The summed E-state index contributed by atoms with van der Waals surface area (Å²) < 4.78 is 0. The molecule has 0 saturated heterocycles. The maximum Gasteiger partial charge on any atom is 0.0706 e. The monoisotopic (exact) mass is 783 g/mol. The molecule has 0 N–H and O–H groups in total. The first-order valence-corrected chi connectivity index (χ1v) is 22.3. The van der Waals surface area contributed by atoms with Crippen LogP contribution < -0.4 is 9.80 Å². The van der Waals surface area contributed by atoms with Crippen molar-refractivity contribution in [2.75, 3.05) is 9.80 Å². The zero-order valence-corrected chi connectivity index (χ0v) is 40.8. The number of benzene rings is 4. The van der Waals surface area contributed by atoms with Gasteiger partial charge >= 0.3 is 0 Å². The Morgan fingerprint density at radius 3 is 0.741 bits per heavy atom. The Morgan fingerprint density at radius 1 is 0.276 bits per heavy atom. The Kier molecular flexibility index (Phi) is 11.9. The maximum absolute atomic E-state index is 2.56. The van der Waals surface area contributed by atoms with E-state index in [9.17, 15) is 0 Å². The molecule has 2 heteroatoms. The van der Waals surface area contributed by atoms with Crippen LogP contribution >= 0.6 is 0 Å². The SMILES string of the molecule is CC(C)(C)CC(C)(C)c1ccc(N2c3ccc(C(C)(C)CC(C)(C)C)cc3N(c3ccc(C(C)(C)CC(C)(C)C)cc3)c3ccc(C(C)(C)CC(C)(C)C)cc32)cc1. The number of hydrogen-bond donors (Lipinski definition) is 0. The van der Waals surface area contributed by atoms with E-state index in [1.54, 1.807) is 0 Å². The molecule has 0 atom stereocenters. The predicted molar refractivity (Wildman–Crippen MR) is 258 cm³/mol. The van der Waals surface area contributed by atoms with Crippen molar-refractivity contribution >= 4 is 34.1 Å². The summed E-state index contributed by atoms with van der Waals surface area (Å²) >= 11 is 0. The molecule has 0 aliphatic carbocycles. The molecule has 0 radical (unpaired) electrons. The van der Waals surface area contributed by atoms with Crippen LogP contribution in [0, 0.1) is 21.7 Å². The molecule has 4 aromatic rings. The van der Waals surface area contributed by atoms with Crippen molar-refractivity contribution in [3.63, 3.8) is 0 Å². The van der Waals surface area contributed by atoms with E-state index in [0.717, 1.165) is 25.7 Å². The van der Waals surface area contributed by atoms with Crippen molar-refractivity contribution in [2.24, 2.45) is 21.7 Å². The summed E-state index contributed by atoms with van der Waals surface area (Å²) in [6.45, 7) is 47.6. The lowest BCUT2D eigenvalue weighted by atomic mass is 9.71. The van der Waals surface area contributed by atoms with E-state index < -0.39 is 0 Å². The summed E-state index contributed by atoms with van der Waals surface area (Å²) in [5.74, 6) is 0. The van der Waals surface area contributed by atoms with E-state index in [-0.39, 0.29) is 43.3 Å². The predicted octanol–water partition coefficient (Wildman–Crippen LogP) is 17.8. The molecule has 0 saturated carbocycles. The van der Waals surface area contributed by atoms with Crippen LogP contribution in [0.1, 0.15) is 186 Å². The number of rotatable bonds is 10. The van der Waals surface area contributed by atoms with Gasteiger partial charge in [0.05, 0.1) is 22.7 Å². The normalized spacial score (nSPS) is 14.8. The second-order valence-electron chi connectivity index (χ2n) is 25.7. The first-order valence-electron chi connectivity index (χ1n) is 22.3. The van der Waals surface area contributed by atoms with Crippen molar-refractivity contribution in [1.29, 1.82) is 0 Å². The fourth-order valence-electron chi connectivity index (χ4n) is 11.3. The van der Waals surface area contributed by atoms with Gasteiger partial charge in [-0.1, -0.05) is 175 Å². The number of anilines is 6. The van der Waals surface area contributed by atoms with Crippen LogP contribution in [0.15, 0.2) is 84.9 Å². The van der Waals surface area contributed by atoms with Crippen molar-refractivity contribution in [1.82, 2.24) is 0 Å². The zero-order valence-electron chi connectivity index (χ0n) is 40.8. The van der Waals surface area contributed by atoms with Gasteiger partial charge in [-0.15, -0.1) is 0 Å². The third-order valence-corrected chi connectivity index (χ3v) is 12.2. The van der Waals surface area contributed by atoms with E-state index in [1.807, 2.05) is 0 Å². The first-order chi connectivity index (χ1) is 26.2. The molecular weight excluding hydrogens is 701 g/mol. The van der Waals surface area contributed by atoms with Gasteiger partial charge in [-0.2, -0.15) is 0 Å². The third-order valence-electron chi connectivity index (χ3n) is 12.2. The molecule has 1 heterocycles. The lowest BCUT2D eigenvalue weighted by Crippen LogP contribution is -2.29. The smallest absolute Gasteiger partial charge is 0.0706 e. The average Bonchev–Trinajstić information content (AvgIpc) is 3.02. The molecule has 2 nitrogen and oxygen atoms in total. The molecule has 0 unspecified atom stereocenters. The van der Waals surface area contributed by atoms with E-state index in [2.05, 4.69) is 233 Å². The summed E-state index contributed by atoms with van der Waals surface area (Å²) in [6.07, 6.45) is 4.42. The Bertz CT molecular complexity index is 1890. The highest BCUT2D eigenvalue weighted by Gasteiger charge is 2.37. The minimum atomic E-state index is -0.00792. The molecule has 0 aromatic heterocycles. The lowest BCUT2D eigenvalue weighted by Gasteiger charge is -2.43. The van der Waals surface area contributed by atoms with Crippen LogP contribution in [0.25, 0.3) is 0 Å². The van der Waals surface area contributed by atoms with Crippen LogP contribution in [0.3, 0.4) is 0 Å². The molecule has 1 aliphatic rings. The molecule has 0 fully saturated rings. The minimum absolute atomic E-state index is 0.00792. The highest BCUT2D eigenvalue weighted by atomic mass is 15.3. The maximum atomic E-state index is 2.56. The fourth-order valence-corrected chi connectivity index (χ4v) is 11.3. The van der Waals surface area contributed by atoms with Crippen molar-refractivity contribution in [2.45, 2.75) is 186 Å². The molecule has 4 aromatic carbocycles. The van der Waals surface area contributed by atoms with Crippen LogP contribution in [-0.2, 0) is 21.7 Å². The molecule has 5 rings (SSSR count). The zero-order chi connectivity index (χ0) is 43.7. The number of hydrogen-bond acceptors (Lipinski definition) is 2. The highest BCUT2D eigenvalue weighted by Crippen LogP contribution is 2.57. The number of fused-ring (bicyclic) bond motifs is 2. The first kappa shape index (κ1) is 45.6. The minimum Gasteiger partial charge on any atom is -0.306 e. The van der Waals surface area contributed by atoms with Gasteiger partial charge in [0.25, 0.3) is 0 Å². The second kappa shape index (κ2) is 15.2. The molecule has 0 bridgehead atoms. The van der Waals surface area contributed by atoms with Crippen LogP contribution in [-0.4, -0.2) is 0 Å². The average molecular weight is 783 g/mol. The van der Waals surface area contributed by atoms with E-state index >= 15 is 0 Å². The lowest BCUT2D eigenvalue weighted by molar-refractivity contribution is 0.283. The molecule has 316 valence electrons. The summed E-state index contributed by atoms with van der Waals surface area (Å²) in [7, 11) is 0. The summed E-state index contributed by atoms with van der Waals surface area (Å²) in [5, 5.41) is 0. The number of nitrogens with zero attached hydrogens (tertiary/aromatic N) is 2. The van der Waals surface area contributed by atoms with Crippen LogP contribution in [0.5, 0.6) is 0 Å². The Balaban J connectivity index is 1.79. The van der Waals surface area contributed by atoms with Gasteiger partial charge in [0.1, 0.15) is 0 Å². The standard InChI is InChI=1S/C56H82N2/c1-49(2,3)35-53(13,14)39-21-27-43(28-22-39)57-45-31-25-42(56(19,20)38-52(10,11)12)34-48(45)58(44-29-23-40(24-30-44)54(15,16)36-50(4,5)6)46-32-26-41(33-47(46)57)55(17,18)37-51(7,8)9/h21-34H,35-38H2,1-20H3. The van der Waals surface area contributed by atoms with Crippen LogP contribution in [0.4, 0.5) is 34.1 Å². The third kappa shape index (κ3) is 10.6. The molecule has 58 heavy (non-hydrogen) atoms. The Labute approximate surface area is 357 Å². The molecule has 0 amide bonds. The van der Waals surface area contributed by atoms with Gasteiger partial charge in [0, 0.05) is 11.4 Å². The molecular formula is C56H82N2. The highest BCUT2D eigenvalue weighted by molar-refractivity contribution is 6.02. The summed E-state index contributed by atoms with van der Waals surface area (Å²) in [4.78, 5) is 5.11. The van der Waals surface area contributed by atoms with Gasteiger partial charge in [-0.25, -0.2) is 0 Å². The van der Waals surface area contributed by atoms with Gasteiger partial charge in [0.15, 0.2) is 0 Å². The topological polar surface area (TPSA) is 6.48 Å². The Hall–Kier alpha value is -3.52. The molecule has 1 aliphatic heterocycles. The second-order valence-corrected chi connectivity index (χ2v) is 25.7.